The van der Waals surface area contributed by atoms with Crippen molar-refractivity contribution in [2.45, 2.75) is 32.2 Å². The van der Waals surface area contributed by atoms with Crippen molar-refractivity contribution in [3.05, 3.63) is 36.6 Å². The van der Waals surface area contributed by atoms with Crippen molar-refractivity contribution in [1.29, 1.82) is 0 Å². The van der Waals surface area contributed by atoms with E-state index in [4.69, 9.17) is 0 Å². The summed E-state index contributed by atoms with van der Waals surface area (Å²) in [5.74, 6) is 0. The minimum atomic E-state index is 0.673. The highest BCUT2D eigenvalue weighted by Crippen LogP contribution is 2.19. The van der Waals surface area contributed by atoms with Crippen LogP contribution in [0.25, 0.3) is 0 Å². The van der Waals surface area contributed by atoms with Gasteiger partial charge < -0.3 is 5.32 Å². The summed E-state index contributed by atoms with van der Waals surface area (Å²) < 4.78 is 0. The second-order valence-corrected chi connectivity index (χ2v) is 3.39. The number of rotatable bonds is 4. The molecule has 0 aromatic carbocycles. The maximum Gasteiger partial charge on any atom is 0.0271 e. The molecule has 0 aliphatic heterocycles. The standard InChI is InChI=1S/C11H17N/c1-4-9(2)8-10(3)12-11-6-5-7-11/h4,8,11-12H,1,3,5-7H2,2H3/b9-8-. The lowest BCUT2D eigenvalue weighted by molar-refractivity contribution is 0.367. The van der Waals surface area contributed by atoms with Crippen LogP contribution in [0.15, 0.2) is 36.6 Å². The molecule has 0 aromatic heterocycles. The van der Waals surface area contributed by atoms with Gasteiger partial charge >= 0.3 is 0 Å². The lowest BCUT2D eigenvalue weighted by atomic mass is 9.93. The van der Waals surface area contributed by atoms with Crippen molar-refractivity contribution in [3.63, 3.8) is 0 Å². The fourth-order valence-electron chi connectivity index (χ4n) is 1.19. The van der Waals surface area contributed by atoms with E-state index >= 15 is 0 Å². The summed E-state index contributed by atoms with van der Waals surface area (Å²) in [5, 5.41) is 3.36. The van der Waals surface area contributed by atoms with Gasteiger partial charge in [0.05, 0.1) is 0 Å². The smallest absolute Gasteiger partial charge is 0.0271 e. The van der Waals surface area contributed by atoms with E-state index in [1.807, 2.05) is 19.1 Å². The van der Waals surface area contributed by atoms with Crippen molar-refractivity contribution in [2.24, 2.45) is 0 Å². The van der Waals surface area contributed by atoms with Crippen molar-refractivity contribution in [1.82, 2.24) is 5.32 Å². The molecule has 66 valence electrons. The molecular formula is C11H17N. The largest absolute Gasteiger partial charge is 0.383 e. The highest BCUT2D eigenvalue weighted by Gasteiger charge is 2.16. The number of allylic oxidation sites excluding steroid dienone is 3. The summed E-state index contributed by atoms with van der Waals surface area (Å²) in [4.78, 5) is 0. The van der Waals surface area contributed by atoms with Gasteiger partial charge in [0.2, 0.25) is 0 Å². The molecule has 0 spiro atoms. The van der Waals surface area contributed by atoms with Crippen LogP contribution in [0.1, 0.15) is 26.2 Å². The summed E-state index contributed by atoms with van der Waals surface area (Å²) in [6.45, 7) is 9.65. The van der Waals surface area contributed by atoms with Gasteiger partial charge in [-0.05, 0) is 37.8 Å². The number of hydrogen-bond donors (Lipinski definition) is 1. The predicted octanol–water partition coefficient (Wildman–Crippen LogP) is 2.77. The Morgan fingerprint density at radius 3 is 2.58 bits per heavy atom. The molecule has 0 bridgehead atoms. The quantitative estimate of drug-likeness (QED) is 0.628. The van der Waals surface area contributed by atoms with E-state index in [0.717, 1.165) is 11.3 Å². The molecule has 1 rings (SSSR count). The van der Waals surface area contributed by atoms with Crippen LogP contribution in [0.4, 0.5) is 0 Å². The Morgan fingerprint density at radius 1 is 1.50 bits per heavy atom. The normalized spacial score (nSPS) is 18.2. The zero-order valence-electron chi connectivity index (χ0n) is 7.77. The van der Waals surface area contributed by atoms with Crippen LogP contribution in [0.5, 0.6) is 0 Å². The molecule has 1 aliphatic rings. The second kappa shape index (κ2) is 4.15. The number of hydrogen-bond acceptors (Lipinski definition) is 1. The third-order valence-electron chi connectivity index (χ3n) is 2.22. The molecule has 0 aromatic rings. The Labute approximate surface area is 74.9 Å². The highest BCUT2D eigenvalue weighted by atomic mass is 14.9. The molecule has 0 heterocycles. The van der Waals surface area contributed by atoms with E-state index in [1.165, 1.54) is 19.3 Å². The van der Waals surface area contributed by atoms with Gasteiger partial charge in [0.15, 0.2) is 0 Å². The van der Waals surface area contributed by atoms with Crippen molar-refractivity contribution in [2.75, 3.05) is 0 Å². The molecule has 0 atom stereocenters. The third kappa shape index (κ3) is 2.57. The molecule has 0 radical (unpaired) electrons. The third-order valence-corrected chi connectivity index (χ3v) is 2.22. The average Bonchev–Trinajstić information content (AvgIpc) is 1.97. The first-order chi connectivity index (χ1) is 5.72. The summed E-state index contributed by atoms with van der Waals surface area (Å²) in [5.41, 5.74) is 2.17. The fourth-order valence-corrected chi connectivity index (χ4v) is 1.19. The summed E-state index contributed by atoms with van der Waals surface area (Å²) in [7, 11) is 0. The molecule has 12 heavy (non-hydrogen) atoms. The first-order valence-corrected chi connectivity index (χ1v) is 4.48. The van der Waals surface area contributed by atoms with Crippen LogP contribution in [0.2, 0.25) is 0 Å². The van der Waals surface area contributed by atoms with Gasteiger partial charge in [-0.2, -0.15) is 0 Å². The van der Waals surface area contributed by atoms with Gasteiger partial charge in [-0.3, -0.25) is 0 Å². The molecule has 1 N–H and O–H groups in total. The zero-order valence-corrected chi connectivity index (χ0v) is 7.77. The van der Waals surface area contributed by atoms with Crippen molar-refractivity contribution in [3.8, 4) is 0 Å². The fraction of sp³-hybridized carbons (Fsp3) is 0.455. The van der Waals surface area contributed by atoms with Crippen LogP contribution >= 0.6 is 0 Å². The lowest BCUT2D eigenvalue weighted by Crippen LogP contribution is -2.33. The molecule has 1 saturated carbocycles. The average molecular weight is 163 g/mol. The Hall–Kier alpha value is -0.980. The van der Waals surface area contributed by atoms with E-state index in [-0.39, 0.29) is 0 Å². The molecular weight excluding hydrogens is 146 g/mol. The van der Waals surface area contributed by atoms with E-state index < -0.39 is 0 Å². The van der Waals surface area contributed by atoms with E-state index in [2.05, 4.69) is 18.5 Å². The van der Waals surface area contributed by atoms with Crippen molar-refractivity contribution >= 4 is 0 Å². The second-order valence-electron chi connectivity index (χ2n) is 3.39. The Morgan fingerprint density at radius 2 is 2.17 bits per heavy atom. The van der Waals surface area contributed by atoms with Gasteiger partial charge in [0, 0.05) is 11.7 Å². The first-order valence-electron chi connectivity index (χ1n) is 4.48. The van der Waals surface area contributed by atoms with Crippen LogP contribution < -0.4 is 5.32 Å². The first kappa shape index (κ1) is 9.11. The summed E-state index contributed by atoms with van der Waals surface area (Å²) in [6, 6.07) is 0.673. The Bertz CT molecular complexity index is 209. The molecule has 0 amide bonds. The van der Waals surface area contributed by atoms with Crippen LogP contribution in [-0.4, -0.2) is 6.04 Å². The van der Waals surface area contributed by atoms with E-state index in [1.54, 1.807) is 0 Å². The van der Waals surface area contributed by atoms with Crippen molar-refractivity contribution < 1.29 is 0 Å². The minimum Gasteiger partial charge on any atom is -0.383 e. The predicted molar refractivity (Wildman–Crippen MR) is 53.9 cm³/mol. The molecule has 0 saturated heterocycles. The summed E-state index contributed by atoms with van der Waals surface area (Å²) in [6.07, 6.45) is 7.81. The zero-order chi connectivity index (χ0) is 8.97. The molecule has 1 fully saturated rings. The van der Waals surface area contributed by atoms with Crippen LogP contribution in [0, 0.1) is 0 Å². The van der Waals surface area contributed by atoms with Gasteiger partial charge in [-0.25, -0.2) is 0 Å². The van der Waals surface area contributed by atoms with Gasteiger partial charge in [-0.1, -0.05) is 19.2 Å². The monoisotopic (exact) mass is 163 g/mol. The summed E-state index contributed by atoms with van der Waals surface area (Å²) >= 11 is 0. The Kier molecular flexibility index (Phi) is 3.15. The van der Waals surface area contributed by atoms with Crippen LogP contribution in [-0.2, 0) is 0 Å². The lowest BCUT2D eigenvalue weighted by Gasteiger charge is -2.27. The topological polar surface area (TPSA) is 12.0 Å². The maximum atomic E-state index is 3.93. The van der Waals surface area contributed by atoms with Gasteiger partial charge in [-0.15, -0.1) is 0 Å². The Balaban J connectivity index is 2.32. The highest BCUT2D eigenvalue weighted by molar-refractivity contribution is 5.25. The van der Waals surface area contributed by atoms with E-state index in [9.17, 15) is 0 Å². The molecule has 0 unspecified atom stereocenters. The van der Waals surface area contributed by atoms with E-state index in [0.29, 0.717) is 6.04 Å². The van der Waals surface area contributed by atoms with Gasteiger partial charge in [0.1, 0.15) is 0 Å². The molecule has 1 nitrogen and oxygen atoms in total. The van der Waals surface area contributed by atoms with Crippen LogP contribution in [0.3, 0.4) is 0 Å². The maximum absolute atomic E-state index is 3.93. The molecule has 1 heteroatoms. The van der Waals surface area contributed by atoms with Gasteiger partial charge in [0.25, 0.3) is 0 Å². The SMILES string of the molecule is C=C/C(C)=C\C(=C)NC1CCC1. The molecule has 1 aliphatic carbocycles. The minimum absolute atomic E-state index is 0.673. The number of nitrogens with one attached hydrogen (secondary N) is 1.